The van der Waals surface area contributed by atoms with Crippen molar-refractivity contribution < 1.29 is 0 Å². The number of rotatable bonds is 4. The van der Waals surface area contributed by atoms with Crippen molar-refractivity contribution in [3.8, 4) is 0 Å². The number of benzene rings is 2. The third kappa shape index (κ3) is 30.7. The second-order valence-corrected chi connectivity index (χ2v) is 15.1. The average Bonchev–Trinajstić information content (AvgIpc) is 4.08. The highest BCUT2D eigenvalue weighted by atomic mass is 15.3. The van der Waals surface area contributed by atoms with Crippen LogP contribution in [-0.4, -0.2) is 162 Å². The summed E-state index contributed by atoms with van der Waals surface area (Å²) < 4.78 is 2.19. The Hall–Kier alpha value is -3.76. The lowest BCUT2D eigenvalue weighted by Crippen LogP contribution is -2.45. The van der Waals surface area contributed by atoms with Gasteiger partial charge in [-0.2, -0.15) is 0 Å². The summed E-state index contributed by atoms with van der Waals surface area (Å²) in [5.41, 5.74) is 4.15. The fourth-order valence-electron chi connectivity index (χ4n) is 7.13. The van der Waals surface area contributed by atoms with Crippen LogP contribution in [0.5, 0.6) is 0 Å². The Bertz CT molecular complexity index is 1400. The van der Waals surface area contributed by atoms with Gasteiger partial charge in [-0.1, -0.05) is 166 Å². The van der Waals surface area contributed by atoms with E-state index in [9.17, 15) is 0 Å². The fourth-order valence-corrected chi connectivity index (χ4v) is 7.13. The van der Waals surface area contributed by atoms with E-state index in [1.54, 1.807) is 0 Å². The van der Waals surface area contributed by atoms with Gasteiger partial charge in [0.2, 0.25) is 0 Å². The first-order valence-corrected chi connectivity index (χ1v) is 27.6. The number of hydrogen-bond acceptors (Lipinski definition) is 8. The maximum absolute atomic E-state index is 2.49. The Morgan fingerprint density at radius 3 is 0.897 bits per heavy atom. The van der Waals surface area contributed by atoms with Crippen LogP contribution in [0.4, 0.5) is 17.2 Å². The van der Waals surface area contributed by atoms with Gasteiger partial charge in [0.1, 0.15) is 5.82 Å². The van der Waals surface area contributed by atoms with Crippen LogP contribution < -0.4 is 14.7 Å². The van der Waals surface area contributed by atoms with Crippen molar-refractivity contribution in [3.63, 3.8) is 0 Å². The number of hydrogen-bond donors (Lipinski definition) is 0. The first-order valence-electron chi connectivity index (χ1n) is 27.6. The van der Waals surface area contributed by atoms with Crippen molar-refractivity contribution in [1.82, 2.24) is 29.1 Å². The van der Waals surface area contributed by atoms with E-state index < -0.39 is 0 Å². The number of aromatic nitrogens is 1. The molecule has 1 aliphatic carbocycles. The van der Waals surface area contributed by atoms with E-state index in [4.69, 9.17) is 0 Å². The number of aryl methyl sites for hydroxylation is 1. The number of piperazine rings is 4. The van der Waals surface area contributed by atoms with Crippen LogP contribution in [0.2, 0.25) is 0 Å². The third-order valence-corrected chi connectivity index (χ3v) is 10.9. The van der Waals surface area contributed by atoms with Gasteiger partial charge in [0.15, 0.2) is 0 Å². The number of likely N-dealkylation sites (N-methyl/N-ethyl adjacent to an activating group) is 4. The minimum atomic E-state index is 0.634. The van der Waals surface area contributed by atoms with Gasteiger partial charge in [-0.3, -0.25) is 0 Å². The lowest BCUT2D eigenvalue weighted by atomic mass is 10.2. The summed E-state index contributed by atoms with van der Waals surface area (Å²) in [4.78, 5) is 19.3. The molecule has 0 spiro atoms. The van der Waals surface area contributed by atoms with Gasteiger partial charge in [-0.05, 0) is 76.6 Å². The zero-order chi connectivity index (χ0) is 52.7. The molecular weight excluding hydrogens is 835 g/mol. The van der Waals surface area contributed by atoms with E-state index >= 15 is 0 Å². The summed E-state index contributed by atoms with van der Waals surface area (Å²) in [7, 11) is 10.8. The molecule has 0 amide bonds. The molecule has 4 fully saturated rings. The van der Waals surface area contributed by atoms with Gasteiger partial charge in [0.05, 0.1) is 0 Å². The molecular formula is C59H115N9. The Balaban J connectivity index is -0.000000365. The summed E-state index contributed by atoms with van der Waals surface area (Å²) in [6, 6.07) is 25.6. The Kier molecular flexibility index (Phi) is 51.7. The summed E-state index contributed by atoms with van der Waals surface area (Å²) in [5.74, 6) is 1.97. The van der Waals surface area contributed by atoms with Crippen LogP contribution in [0.1, 0.15) is 118 Å². The van der Waals surface area contributed by atoms with Gasteiger partial charge < -0.3 is 43.8 Å². The lowest BCUT2D eigenvalue weighted by Gasteiger charge is -2.34. The fraction of sp³-hybridized carbons (Fsp3) is 0.661. The maximum atomic E-state index is 2.49. The smallest absolute Gasteiger partial charge is 0.108 e. The molecule has 2 aromatic carbocycles. The van der Waals surface area contributed by atoms with Crippen LogP contribution >= 0.6 is 0 Å². The van der Waals surface area contributed by atoms with Gasteiger partial charge >= 0.3 is 0 Å². The highest BCUT2D eigenvalue weighted by molar-refractivity contribution is 5.47. The molecule has 4 saturated heterocycles. The van der Waals surface area contributed by atoms with Crippen molar-refractivity contribution in [1.29, 1.82) is 0 Å². The predicted molar refractivity (Wildman–Crippen MR) is 314 cm³/mol. The van der Waals surface area contributed by atoms with Gasteiger partial charge in [-0.15, -0.1) is 0 Å². The monoisotopic (exact) mass is 950 g/mol. The zero-order valence-corrected chi connectivity index (χ0v) is 49.2. The minimum Gasteiger partial charge on any atom is -0.369 e. The molecule has 8 rings (SSSR count). The summed E-state index contributed by atoms with van der Waals surface area (Å²) in [5, 5.41) is 0. The zero-order valence-electron chi connectivity index (χ0n) is 49.2. The van der Waals surface area contributed by atoms with Crippen molar-refractivity contribution in [2.75, 3.05) is 148 Å². The second kappa shape index (κ2) is 49.7. The van der Waals surface area contributed by atoms with Crippen molar-refractivity contribution in [3.05, 3.63) is 103 Å². The molecule has 5 aliphatic rings. The van der Waals surface area contributed by atoms with Crippen LogP contribution in [-0.2, 0) is 7.05 Å². The average molecular weight is 951 g/mol. The van der Waals surface area contributed by atoms with E-state index in [1.807, 2.05) is 111 Å². The van der Waals surface area contributed by atoms with Crippen LogP contribution in [0.3, 0.4) is 0 Å². The molecule has 396 valence electrons. The Morgan fingerprint density at radius 2 is 0.632 bits per heavy atom. The molecule has 3 aromatic rings. The van der Waals surface area contributed by atoms with Crippen molar-refractivity contribution in [2.45, 2.75) is 118 Å². The molecule has 0 radical (unpaired) electrons. The minimum absolute atomic E-state index is 0.634. The van der Waals surface area contributed by atoms with Gasteiger partial charge in [-0.25, -0.2) is 0 Å². The normalized spacial score (nSPS) is 17.3. The van der Waals surface area contributed by atoms with Gasteiger partial charge in [0.25, 0.3) is 0 Å². The molecule has 0 bridgehead atoms. The van der Waals surface area contributed by atoms with Crippen LogP contribution in [0.15, 0.2) is 103 Å². The quantitative estimate of drug-likeness (QED) is 0.256. The number of anilines is 3. The molecule has 68 heavy (non-hydrogen) atoms. The standard InChI is InChI=1S/C11H18N2.2C11H16N2.C10H17N3.8C2H6/c1-10-3-4-11(9-10)13-7-5-12(2)6-8-13;2*1-12-7-9-13(10-8-12)11-5-3-2-4-6-11;1-11-6-8-13(9-7-11)10-4-3-5-12(10)2;8*1-2/h3-4,9-10H,5-8H2,1-2H3;2*2-6H,7-10H2,1H3;3-5H,6-9H2,1-2H3;8*1-2H3. The van der Waals surface area contributed by atoms with E-state index in [1.165, 1.54) is 88.3 Å². The molecule has 4 aliphatic heterocycles. The molecule has 9 heteroatoms. The maximum Gasteiger partial charge on any atom is 0.108 e. The summed E-state index contributed by atoms with van der Waals surface area (Å²) in [6.45, 7) is 52.9. The van der Waals surface area contributed by atoms with Crippen molar-refractivity contribution in [2.24, 2.45) is 13.0 Å². The first-order chi connectivity index (χ1) is 33.2. The second-order valence-electron chi connectivity index (χ2n) is 15.1. The number of nitrogens with zero attached hydrogens (tertiary/aromatic N) is 9. The molecule has 1 aromatic heterocycles. The summed E-state index contributed by atoms with van der Waals surface area (Å²) in [6.07, 6.45) is 8.99. The Morgan fingerprint density at radius 1 is 0.338 bits per heavy atom. The van der Waals surface area contributed by atoms with Crippen LogP contribution in [0.25, 0.3) is 0 Å². The molecule has 0 saturated carbocycles. The molecule has 0 N–H and O–H groups in total. The van der Waals surface area contributed by atoms with Gasteiger partial charge in [0, 0.05) is 135 Å². The molecule has 9 nitrogen and oxygen atoms in total. The highest BCUT2D eigenvalue weighted by Crippen LogP contribution is 2.20. The van der Waals surface area contributed by atoms with E-state index in [2.05, 4.69) is 183 Å². The van der Waals surface area contributed by atoms with Crippen LogP contribution in [0, 0.1) is 5.92 Å². The van der Waals surface area contributed by atoms with E-state index in [0.717, 1.165) is 39.3 Å². The topological polar surface area (TPSA) is 30.9 Å². The molecule has 1 unspecified atom stereocenters. The SMILES string of the molecule is CC.CC.CC.CC.CC.CC.CC.CC.CC1C=CC(N2CCN(C)CC2)=C1.CN1CCN(c2ccccc2)CC1.CN1CCN(c2ccccc2)CC1.CN1CCN(c2cccn2C)CC1. The molecule has 5 heterocycles. The highest BCUT2D eigenvalue weighted by Gasteiger charge is 2.18. The Labute approximate surface area is 425 Å². The van der Waals surface area contributed by atoms with E-state index in [0.29, 0.717) is 5.92 Å². The van der Waals surface area contributed by atoms with E-state index in [-0.39, 0.29) is 0 Å². The molecule has 1 atom stereocenters. The first kappa shape index (κ1) is 70.8. The summed E-state index contributed by atoms with van der Waals surface area (Å²) >= 11 is 0. The largest absolute Gasteiger partial charge is 0.369 e. The third-order valence-electron chi connectivity index (χ3n) is 10.9. The predicted octanol–water partition coefficient (Wildman–Crippen LogP) is 13.2. The number of para-hydroxylation sites is 2. The lowest BCUT2D eigenvalue weighted by molar-refractivity contribution is 0.190. The van der Waals surface area contributed by atoms with Crippen molar-refractivity contribution >= 4 is 17.2 Å². The number of allylic oxidation sites excluding steroid dienone is 3.